The van der Waals surface area contributed by atoms with Gasteiger partial charge in [0.25, 0.3) is 0 Å². The Labute approximate surface area is 195 Å². The van der Waals surface area contributed by atoms with Crippen LogP contribution in [0.5, 0.6) is 0 Å². The molecule has 0 heterocycles. The Morgan fingerprint density at radius 3 is 2.25 bits per heavy atom. The predicted molar refractivity (Wildman–Crippen MR) is 140 cm³/mol. The highest BCUT2D eigenvalue weighted by molar-refractivity contribution is 5.66. The Bertz CT molecular complexity index is 714. The van der Waals surface area contributed by atoms with Crippen LogP contribution in [0.2, 0.25) is 0 Å². The molecule has 4 nitrogen and oxygen atoms in total. The maximum Gasteiger partial charge on any atom is 0.0916 e. The molecular weight excluding hydrogens is 396 g/mol. The summed E-state index contributed by atoms with van der Waals surface area (Å²) in [4.78, 5) is 0. The quantitative estimate of drug-likeness (QED) is 0.211. The van der Waals surface area contributed by atoms with Gasteiger partial charge in [0.15, 0.2) is 0 Å². The number of hydrogen-bond acceptors (Lipinski definition) is 4. The monoisotopic (exact) mass is 440 g/mol. The van der Waals surface area contributed by atoms with Gasteiger partial charge in [-0.1, -0.05) is 87.9 Å². The molecule has 2 rings (SSSR count). The summed E-state index contributed by atoms with van der Waals surface area (Å²) < 4.78 is 0. The largest absolute Gasteiger partial charge is 0.512 e. The standard InChI is InChI=1S/C14H18N2.C7H14O.C7H12O/c1-3-7-12(2)16-11-14(10-15)13-8-5-4-6-9-13;8-6-7-4-2-1-3-5-7;1-4-5-6(2)7(3)8/h3-9,11,16H,1,10,15H2,2H3;7-8H,1-6H2;4-6,8H,3H2,1-2H3/b12-7+,14-11-;;5-4-. The van der Waals surface area contributed by atoms with E-state index in [1.54, 1.807) is 6.08 Å². The Morgan fingerprint density at radius 2 is 1.84 bits per heavy atom. The smallest absolute Gasteiger partial charge is 0.0916 e. The molecule has 0 spiro atoms. The zero-order valence-electron chi connectivity index (χ0n) is 20.3. The van der Waals surface area contributed by atoms with E-state index in [2.05, 4.69) is 18.5 Å². The third-order valence-corrected chi connectivity index (χ3v) is 5.20. The average molecular weight is 441 g/mol. The molecule has 0 saturated heterocycles. The van der Waals surface area contributed by atoms with Gasteiger partial charge in [-0.3, -0.25) is 0 Å². The number of benzene rings is 1. The summed E-state index contributed by atoms with van der Waals surface area (Å²) in [6, 6.07) is 10.1. The predicted octanol–water partition coefficient (Wildman–Crippen LogP) is 6.49. The molecule has 0 aliphatic heterocycles. The van der Waals surface area contributed by atoms with E-state index in [-0.39, 0.29) is 11.7 Å². The Hall–Kier alpha value is -2.56. The van der Waals surface area contributed by atoms with Crippen molar-refractivity contribution in [1.82, 2.24) is 5.32 Å². The first-order chi connectivity index (χ1) is 15.4. The number of hydrogen-bond donors (Lipinski definition) is 4. The molecule has 178 valence electrons. The van der Waals surface area contributed by atoms with Crippen molar-refractivity contribution in [1.29, 1.82) is 0 Å². The van der Waals surface area contributed by atoms with Crippen molar-refractivity contribution in [2.75, 3.05) is 13.2 Å². The van der Waals surface area contributed by atoms with Gasteiger partial charge in [-0.05, 0) is 49.8 Å². The summed E-state index contributed by atoms with van der Waals surface area (Å²) in [5.74, 6) is 0.965. The van der Waals surface area contributed by atoms with E-state index in [1.165, 1.54) is 32.1 Å². The van der Waals surface area contributed by atoms with Crippen molar-refractivity contribution < 1.29 is 10.2 Å². The molecule has 1 atom stereocenters. The summed E-state index contributed by atoms with van der Waals surface area (Å²) in [7, 11) is 0. The second-order valence-corrected chi connectivity index (χ2v) is 7.96. The second kappa shape index (κ2) is 19.1. The molecule has 1 aliphatic rings. The molecule has 0 aromatic heterocycles. The van der Waals surface area contributed by atoms with Gasteiger partial charge in [0.05, 0.1) is 5.76 Å². The fourth-order valence-electron chi connectivity index (χ4n) is 3.11. The normalized spacial score (nSPS) is 15.7. The Balaban J connectivity index is 0.000000504. The molecule has 1 unspecified atom stereocenters. The number of allylic oxidation sites excluding steroid dienone is 5. The van der Waals surface area contributed by atoms with Gasteiger partial charge >= 0.3 is 0 Å². The molecule has 5 N–H and O–H groups in total. The molecule has 0 bridgehead atoms. The third kappa shape index (κ3) is 14.4. The van der Waals surface area contributed by atoms with Crippen molar-refractivity contribution in [3.63, 3.8) is 0 Å². The van der Waals surface area contributed by atoms with Crippen LogP contribution in [0.3, 0.4) is 0 Å². The zero-order valence-corrected chi connectivity index (χ0v) is 20.3. The number of nitrogens with two attached hydrogens (primary N) is 1. The Morgan fingerprint density at radius 1 is 1.22 bits per heavy atom. The van der Waals surface area contributed by atoms with Crippen LogP contribution in [-0.2, 0) is 0 Å². The first-order valence-electron chi connectivity index (χ1n) is 11.5. The summed E-state index contributed by atoms with van der Waals surface area (Å²) >= 11 is 0. The van der Waals surface area contributed by atoms with Gasteiger partial charge in [0.1, 0.15) is 0 Å². The topological polar surface area (TPSA) is 78.5 Å². The molecule has 4 heteroatoms. The number of aliphatic hydroxyl groups excluding tert-OH is 2. The van der Waals surface area contributed by atoms with E-state index in [4.69, 9.17) is 15.9 Å². The molecule has 1 aromatic rings. The van der Waals surface area contributed by atoms with Gasteiger partial charge in [-0.25, -0.2) is 0 Å². The number of aliphatic hydroxyl groups is 2. The van der Waals surface area contributed by atoms with Crippen LogP contribution in [0, 0.1) is 11.8 Å². The lowest BCUT2D eigenvalue weighted by Crippen LogP contribution is -2.09. The highest BCUT2D eigenvalue weighted by atomic mass is 16.3. The average Bonchev–Trinajstić information content (AvgIpc) is 2.82. The van der Waals surface area contributed by atoms with Crippen LogP contribution in [0.1, 0.15) is 58.4 Å². The zero-order chi connectivity index (χ0) is 24.2. The van der Waals surface area contributed by atoms with E-state index in [1.807, 2.05) is 75.5 Å². The van der Waals surface area contributed by atoms with Gasteiger partial charge in [-0.2, -0.15) is 0 Å². The SMILES string of the molecule is C=C(O)C(C)/C=C\C.C=C/C=C(\C)N/C=C(/CN)c1ccccc1.OCC1CCCCC1. The maximum absolute atomic E-state index is 8.71. The van der Waals surface area contributed by atoms with E-state index in [0.29, 0.717) is 19.1 Å². The molecule has 32 heavy (non-hydrogen) atoms. The number of rotatable bonds is 8. The lowest BCUT2D eigenvalue weighted by Gasteiger charge is -2.18. The van der Waals surface area contributed by atoms with E-state index < -0.39 is 0 Å². The van der Waals surface area contributed by atoms with Crippen molar-refractivity contribution in [3.8, 4) is 0 Å². The lowest BCUT2D eigenvalue weighted by molar-refractivity contribution is 0.190. The summed E-state index contributed by atoms with van der Waals surface area (Å²) in [6.45, 7) is 13.7. The van der Waals surface area contributed by atoms with Crippen molar-refractivity contribution in [2.45, 2.75) is 52.9 Å². The van der Waals surface area contributed by atoms with Crippen LogP contribution >= 0.6 is 0 Å². The van der Waals surface area contributed by atoms with Crippen LogP contribution in [0.4, 0.5) is 0 Å². The molecule has 1 saturated carbocycles. The first-order valence-corrected chi connectivity index (χ1v) is 11.5. The van der Waals surface area contributed by atoms with E-state index in [0.717, 1.165) is 16.8 Å². The first kappa shape index (κ1) is 29.4. The fourth-order valence-corrected chi connectivity index (χ4v) is 3.11. The second-order valence-electron chi connectivity index (χ2n) is 7.96. The van der Waals surface area contributed by atoms with E-state index in [9.17, 15) is 0 Å². The molecule has 1 fully saturated rings. The molecular formula is C28H44N2O2. The summed E-state index contributed by atoms with van der Waals surface area (Å²) in [5, 5.41) is 20.6. The van der Waals surface area contributed by atoms with Crippen LogP contribution in [-0.4, -0.2) is 23.4 Å². The maximum atomic E-state index is 8.71. The molecule has 1 aliphatic carbocycles. The molecule has 1 aromatic carbocycles. The van der Waals surface area contributed by atoms with Crippen molar-refractivity contribution in [3.05, 3.63) is 91.0 Å². The van der Waals surface area contributed by atoms with Gasteiger partial charge in [0, 0.05) is 31.0 Å². The fraction of sp³-hybridized carbons (Fsp3) is 0.429. The minimum Gasteiger partial charge on any atom is -0.512 e. The van der Waals surface area contributed by atoms with Crippen molar-refractivity contribution in [2.24, 2.45) is 17.6 Å². The van der Waals surface area contributed by atoms with Gasteiger partial charge in [-0.15, -0.1) is 0 Å². The van der Waals surface area contributed by atoms with Gasteiger partial charge in [0.2, 0.25) is 0 Å². The minimum absolute atomic E-state index is 0.0972. The highest BCUT2D eigenvalue weighted by Crippen LogP contribution is 2.22. The Kier molecular flexibility index (Phi) is 17.6. The lowest BCUT2D eigenvalue weighted by atomic mass is 9.90. The van der Waals surface area contributed by atoms with Gasteiger partial charge < -0.3 is 21.3 Å². The van der Waals surface area contributed by atoms with Crippen LogP contribution in [0.25, 0.3) is 5.57 Å². The van der Waals surface area contributed by atoms with Crippen LogP contribution < -0.4 is 11.1 Å². The van der Waals surface area contributed by atoms with Crippen molar-refractivity contribution >= 4 is 5.57 Å². The summed E-state index contributed by atoms with van der Waals surface area (Å²) in [6.07, 6.45) is 16.0. The van der Waals surface area contributed by atoms with E-state index >= 15 is 0 Å². The number of nitrogens with one attached hydrogen (secondary N) is 1. The minimum atomic E-state index is 0.0972. The summed E-state index contributed by atoms with van der Waals surface area (Å²) in [5.41, 5.74) is 8.98. The molecule has 0 radical (unpaired) electrons. The highest BCUT2D eigenvalue weighted by Gasteiger charge is 2.10. The molecule has 0 amide bonds. The van der Waals surface area contributed by atoms with Crippen LogP contribution in [0.15, 0.2) is 85.4 Å². The third-order valence-electron chi connectivity index (χ3n) is 5.20.